The molecule has 1 aliphatic carbocycles. The monoisotopic (exact) mass is 294 g/mol. The number of hydrogen-bond donors (Lipinski definition) is 0. The van der Waals surface area contributed by atoms with E-state index in [9.17, 15) is 0 Å². The molecule has 112 valence electrons. The summed E-state index contributed by atoms with van der Waals surface area (Å²) >= 11 is 0. The van der Waals surface area contributed by atoms with Gasteiger partial charge in [-0.2, -0.15) is 6.07 Å². The number of allylic oxidation sites excluding steroid dienone is 1. The number of fused-ring (bicyclic) bond motifs is 2. The standard InChI is InChI=1S/C11H12.C11H11.Li/c2*1-2-9-7-10-5-3-4-6-11(10)8-9;/h3-7H,2,8H2,1H3;3-8H,2H2,1H3;/q;-1;+1. The molecule has 3 aromatic rings. The predicted octanol–water partition coefficient (Wildman–Crippen LogP) is 3.16. The molecule has 0 radical (unpaired) electrons. The molecule has 0 aromatic heterocycles. The van der Waals surface area contributed by atoms with Crippen molar-refractivity contribution in [3.8, 4) is 0 Å². The Bertz CT molecular complexity index is 759. The minimum absolute atomic E-state index is 0. The molecule has 0 amide bonds. The van der Waals surface area contributed by atoms with Crippen molar-refractivity contribution in [3.63, 3.8) is 0 Å². The maximum absolute atomic E-state index is 2.31. The molecule has 3 aromatic carbocycles. The van der Waals surface area contributed by atoms with Crippen LogP contribution in [0.4, 0.5) is 0 Å². The smallest absolute Gasteiger partial charge is 0.165 e. The van der Waals surface area contributed by atoms with Gasteiger partial charge in [0.05, 0.1) is 0 Å². The van der Waals surface area contributed by atoms with Crippen molar-refractivity contribution in [2.45, 2.75) is 33.1 Å². The summed E-state index contributed by atoms with van der Waals surface area (Å²) in [6.45, 7) is 4.41. The number of benzene rings is 2. The van der Waals surface area contributed by atoms with Crippen LogP contribution in [0.15, 0.2) is 66.2 Å². The molecule has 0 saturated carbocycles. The summed E-state index contributed by atoms with van der Waals surface area (Å²) < 4.78 is 0. The average molecular weight is 294 g/mol. The molecule has 1 heteroatoms. The van der Waals surface area contributed by atoms with Crippen LogP contribution in [-0.4, -0.2) is 0 Å². The van der Waals surface area contributed by atoms with E-state index in [0.29, 0.717) is 0 Å². The molecule has 0 unspecified atom stereocenters. The summed E-state index contributed by atoms with van der Waals surface area (Å²) in [6, 6.07) is 21.6. The van der Waals surface area contributed by atoms with E-state index < -0.39 is 0 Å². The molecule has 0 aliphatic heterocycles. The third-order valence-electron chi connectivity index (χ3n) is 4.37. The van der Waals surface area contributed by atoms with Crippen LogP contribution in [0.25, 0.3) is 16.8 Å². The van der Waals surface area contributed by atoms with Gasteiger partial charge in [0.1, 0.15) is 0 Å². The summed E-state index contributed by atoms with van der Waals surface area (Å²) in [4.78, 5) is 0. The van der Waals surface area contributed by atoms with Crippen LogP contribution in [-0.2, 0) is 12.8 Å². The summed E-state index contributed by atoms with van der Waals surface area (Å²) in [5.74, 6) is 0. The topological polar surface area (TPSA) is 0 Å². The summed E-state index contributed by atoms with van der Waals surface area (Å²) in [7, 11) is 0. The van der Waals surface area contributed by atoms with E-state index in [1.807, 2.05) is 0 Å². The van der Waals surface area contributed by atoms with Crippen LogP contribution < -0.4 is 18.9 Å². The third kappa shape index (κ3) is 4.23. The second kappa shape index (κ2) is 8.30. The first-order valence-corrected chi connectivity index (χ1v) is 8.22. The Morgan fingerprint density at radius 3 is 2.35 bits per heavy atom. The fourth-order valence-electron chi connectivity index (χ4n) is 3.00. The normalized spacial score (nSPS) is 12.0. The Kier molecular flexibility index (Phi) is 6.40. The molecule has 1 aliphatic rings. The SMILES string of the molecule is CCC1=Cc2ccccc2C1.CCc1cc2ccccc2[cH-]1.[Li+]. The molecule has 0 N–H and O–H groups in total. The Balaban J connectivity index is 0.000000160. The van der Waals surface area contributed by atoms with Crippen molar-refractivity contribution in [1.29, 1.82) is 0 Å². The van der Waals surface area contributed by atoms with Crippen LogP contribution in [0, 0.1) is 0 Å². The first-order chi connectivity index (χ1) is 10.8. The summed E-state index contributed by atoms with van der Waals surface area (Å²) in [6.07, 6.45) is 5.81. The van der Waals surface area contributed by atoms with Gasteiger partial charge in [-0.25, -0.2) is 0 Å². The molecule has 0 fully saturated rings. The summed E-state index contributed by atoms with van der Waals surface area (Å²) in [5, 5.41) is 2.73. The van der Waals surface area contributed by atoms with Gasteiger partial charge in [0.15, 0.2) is 0 Å². The van der Waals surface area contributed by atoms with Gasteiger partial charge in [-0.1, -0.05) is 55.8 Å². The number of aryl methyl sites for hydroxylation is 1. The van der Waals surface area contributed by atoms with Crippen molar-refractivity contribution in [2.75, 3.05) is 0 Å². The van der Waals surface area contributed by atoms with Crippen molar-refractivity contribution < 1.29 is 18.9 Å². The van der Waals surface area contributed by atoms with Crippen LogP contribution in [0.2, 0.25) is 0 Å². The zero-order valence-corrected chi connectivity index (χ0v) is 14.5. The van der Waals surface area contributed by atoms with Gasteiger partial charge in [0.25, 0.3) is 0 Å². The second-order valence-corrected chi connectivity index (χ2v) is 5.88. The Morgan fingerprint density at radius 1 is 0.913 bits per heavy atom. The number of hydrogen-bond acceptors (Lipinski definition) is 0. The second-order valence-electron chi connectivity index (χ2n) is 5.88. The average Bonchev–Trinajstić information content (AvgIpc) is 3.18. The molecule has 0 nitrogen and oxygen atoms in total. The minimum atomic E-state index is 0. The molecule has 23 heavy (non-hydrogen) atoms. The van der Waals surface area contributed by atoms with Crippen molar-refractivity contribution in [3.05, 3.63) is 82.9 Å². The fraction of sp³-hybridized carbons (Fsp3) is 0.227. The van der Waals surface area contributed by atoms with E-state index in [2.05, 4.69) is 80.6 Å². The minimum Gasteiger partial charge on any atom is -0.165 e. The van der Waals surface area contributed by atoms with E-state index in [0.717, 1.165) is 6.42 Å². The molecule has 4 rings (SSSR count). The van der Waals surface area contributed by atoms with Crippen molar-refractivity contribution in [2.24, 2.45) is 0 Å². The Hall–Kier alpha value is -1.61. The van der Waals surface area contributed by atoms with Crippen LogP contribution in [0.5, 0.6) is 0 Å². The molecular weight excluding hydrogens is 271 g/mol. The van der Waals surface area contributed by atoms with Crippen molar-refractivity contribution in [1.82, 2.24) is 0 Å². The van der Waals surface area contributed by atoms with E-state index >= 15 is 0 Å². The third-order valence-corrected chi connectivity index (χ3v) is 4.37. The van der Waals surface area contributed by atoms with E-state index in [1.165, 1.54) is 40.3 Å². The van der Waals surface area contributed by atoms with Gasteiger partial charge in [0.2, 0.25) is 0 Å². The van der Waals surface area contributed by atoms with E-state index in [1.54, 1.807) is 5.57 Å². The van der Waals surface area contributed by atoms with Gasteiger partial charge < -0.3 is 0 Å². The fourth-order valence-corrected chi connectivity index (χ4v) is 3.00. The van der Waals surface area contributed by atoms with Gasteiger partial charge in [-0.05, 0) is 30.4 Å². The Morgan fingerprint density at radius 2 is 1.65 bits per heavy atom. The zero-order chi connectivity index (χ0) is 15.4. The molecule has 0 bridgehead atoms. The zero-order valence-electron chi connectivity index (χ0n) is 14.5. The van der Waals surface area contributed by atoms with E-state index in [4.69, 9.17) is 0 Å². The van der Waals surface area contributed by atoms with Gasteiger partial charge in [-0.15, -0.1) is 40.6 Å². The van der Waals surface area contributed by atoms with Gasteiger partial charge >= 0.3 is 18.9 Å². The van der Waals surface area contributed by atoms with Gasteiger partial charge in [0, 0.05) is 0 Å². The molecule has 0 saturated heterocycles. The van der Waals surface area contributed by atoms with E-state index in [-0.39, 0.29) is 18.9 Å². The Labute approximate surface area is 151 Å². The van der Waals surface area contributed by atoms with Gasteiger partial charge in [-0.3, -0.25) is 0 Å². The maximum Gasteiger partial charge on any atom is 1.00 e. The van der Waals surface area contributed by atoms with Crippen molar-refractivity contribution >= 4 is 16.8 Å². The molecule has 0 spiro atoms. The predicted molar refractivity (Wildman–Crippen MR) is 97.3 cm³/mol. The largest absolute Gasteiger partial charge is 1.00 e. The molecule has 0 heterocycles. The maximum atomic E-state index is 2.31. The first-order valence-electron chi connectivity index (χ1n) is 8.22. The molecule has 0 atom stereocenters. The van der Waals surface area contributed by atoms with Crippen LogP contribution in [0.1, 0.15) is 37.0 Å². The first kappa shape index (κ1) is 17.7. The van der Waals surface area contributed by atoms with Crippen LogP contribution in [0.3, 0.4) is 0 Å². The molecular formula is C22H23Li. The van der Waals surface area contributed by atoms with Crippen LogP contribution >= 0.6 is 0 Å². The quantitative estimate of drug-likeness (QED) is 0.503. The summed E-state index contributed by atoms with van der Waals surface area (Å²) in [5.41, 5.74) is 5.91. The number of rotatable bonds is 2.